The molecule has 2 nitrogen and oxygen atoms in total. The van der Waals surface area contributed by atoms with Crippen molar-refractivity contribution in [1.82, 2.24) is 0 Å². The van der Waals surface area contributed by atoms with Crippen molar-refractivity contribution in [3.63, 3.8) is 0 Å². The Morgan fingerprint density at radius 3 is 1.79 bits per heavy atom. The van der Waals surface area contributed by atoms with Gasteiger partial charge in [0.15, 0.2) is 0 Å². The van der Waals surface area contributed by atoms with Gasteiger partial charge in [-0.3, -0.25) is 0 Å². The summed E-state index contributed by atoms with van der Waals surface area (Å²) in [5.74, 6) is 0. The molecule has 2 aromatic rings. The zero-order valence-corrected chi connectivity index (χ0v) is 22.5. The number of aryl methyl sites for hydroxylation is 2. The fourth-order valence-electron chi connectivity index (χ4n) is 4.14. The molecule has 0 aliphatic carbocycles. The number of unbranched alkanes of at least 4 members (excludes halogenated alkanes) is 3. The average molecular weight is 530 g/mol. The molecular formula is C28H36Cl2N2Ni. The molecule has 0 atom stereocenters. The first kappa shape index (κ1) is 27.8. The van der Waals surface area contributed by atoms with Crippen molar-refractivity contribution in [2.24, 2.45) is 0 Å². The summed E-state index contributed by atoms with van der Waals surface area (Å²) in [6.07, 6.45) is 12.4. The van der Waals surface area contributed by atoms with Crippen molar-refractivity contribution in [2.75, 3.05) is 0 Å². The first-order valence-electron chi connectivity index (χ1n) is 12.0. The zero-order valence-electron chi connectivity index (χ0n) is 20.0. The zero-order chi connectivity index (χ0) is 24.1. The van der Waals surface area contributed by atoms with E-state index in [1.165, 1.54) is 47.1 Å². The van der Waals surface area contributed by atoms with Crippen LogP contribution in [-0.4, -0.2) is 4.70 Å². The average Bonchev–Trinajstić information content (AvgIpc) is 3.17. The van der Waals surface area contributed by atoms with E-state index in [-0.39, 0.29) is 0 Å². The Morgan fingerprint density at radius 1 is 0.758 bits per heavy atom. The third-order valence-electron chi connectivity index (χ3n) is 5.92. The summed E-state index contributed by atoms with van der Waals surface area (Å²) in [5.41, 5.74) is 19.3. The van der Waals surface area contributed by atoms with E-state index in [0.717, 1.165) is 54.6 Å². The van der Waals surface area contributed by atoms with Crippen molar-refractivity contribution in [3.8, 4) is 0 Å². The fourth-order valence-corrected chi connectivity index (χ4v) is 4.14. The molecule has 3 rings (SSSR count). The van der Waals surface area contributed by atoms with Gasteiger partial charge in [-0.25, -0.2) is 4.70 Å². The maximum absolute atomic E-state index is 11.3. The summed E-state index contributed by atoms with van der Waals surface area (Å²) in [5, 5.41) is 0. The van der Waals surface area contributed by atoms with E-state index in [1.54, 1.807) is 0 Å². The maximum atomic E-state index is 11.3. The summed E-state index contributed by atoms with van der Waals surface area (Å²) in [4.78, 5) is 0. The number of hydrogen-bond donors (Lipinski definition) is 0. The Hall–Kier alpha value is -1.41. The van der Waals surface area contributed by atoms with Crippen molar-refractivity contribution in [3.05, 3.63) is 88.0 Å². The predicted molar refractivity (Wildman–Crippen MR) is 140 cm³/mol. The van der Waals surface area contributed by atoms with Gasteiger partial charge in [0.05, 0.1) is 0 Å². The molecule has 0 saturated carbocycles. The van der Waals surface area contributed by atoms with E-state index in [4.69, 9.17) is 20.4 Å². The first-order valence-corrected chi connectivity index (χ1v) is 14.8. The number of halogens is 2. The summed E-state index contributed by atoms with van der Waals surface area (Å²) in [6.45, 7) is 6.68. The minimum absolute atomic E-state index is 0.569. The van der Waals surface area contributed by atoms with Crippen LogP contribution in [0.25, 0.3) is 16.9 Å². The summed E-state index contributed by atoms with van der Waals surface area (Å²) in [7, 11) is 9.40. The Labute approximate surface area is 214 Å². The molecule has 0 fully saturated rings. The molecule has 1 aliphatic rings. The molecule has 0 bridgehead atoms. The summed E-state index contributed by atoms with van der Waals surface area (Å²) < 4.78 is 1.43. The molecule has 0 unspecified atom stereocenters. The van der Waals surface area contributed by atoms with Gasteiger partial charge in [0.1, 0.15) is 0 Å². The van der Waals surface area contributed by atoms with E-state index in [9.17, 15) is 5.53 Å². The predicted octanol–water partition coefficient (Wildman–Crippen LogP) is 9.74. The number of rotatable bonds is 11. The Balaban J connectivity index is 0.00000122. The number of nitrogens with zero attached hydrogens (tertiary/aromatic N) is 2. The molecule has 5 heteroatoms. The van der Waals surface area contributed by atoms with Crippen LogP contribution in [0.15, 0.2) is 60.2 Å². The second kappa shape index (κ2) is 15.5. The van der Waals surface area contributed by atoms with Crippen molar-refractivity contribution < 1.29 is 17.4 Å². The van der Waals surface area contributed by atoms with Gasteiger partial charge in [0.2, 0.25) is 11.4 Å². The second-order valence-corrected chi connectivity index (χ2v) is 10.1. The molecule has 0 N–H and O–H groups in total. The van der Waals surface area contributed by atoms with Gasteiger partial charge in [0.25, 0.3) is 0 Å². The topological polar surface area (TPSA) is 25.3 Å². The van der Waals surface area contributed by atoms with Crippen LogP contribution in [0.2, 0.25) is 0 Å². The molecule has 0 saturated heterocycles. The fraction of sp³-hybridized carbons (Fsp3) is 0.429. The van der Waals surface area contributed by atoms with Crippen LogP contribution in [-0.2, 0) is 25.5 Å². The Kier molecular flexibility index (Phi) is 13.1. The quantitative estimate of drug-likeness (QED) is 0.204. The standard InChI is InChI=1S/C28H36N2.2ClH.Ni/c1-4-7-12-22-14-10-17-24(19-22)27-21-26(16-9-6-3)28(30(27)29)25-18-11-15-23(20-25)13-8-5-2;;;/h10-11,14-15,17-21H,4-9,12-13,16H2,1-3H3;2*1H;/q;;;+2/p-2. The SMILES string of the molecule is CCCCC1=C(c2cccc(CCCC)c2)[N+](=[N-])C(c2cccc(CCCC)c2)=C1.[Cl][Ni][Cl]. The molecule has 1 aliphatic heterocycles. The van der Waals surface area contributed by atoms with Crippen LogP contribution in [0, 0.1) is 0 Å². The number of benzene rings is 2. The van der Waals surface area contributed by atoms with Crippen molar-refractivity contribution >= 4 is 31.8 Å². The van der Waals surface area contributed by atoms with Crippen LogP contribution in [0.5, 0.6) is 0 Å². The molecular weight excluding hydrogens is 494 g/mol. The normalized spacial score (nSPS) is 13.2. The van der Waals surface area contributed by atoms with Crippen LogP contribution in [0.3, 0.4) is 0 Å². The van der Waals surface area contributed by atoms with Gasteiger partial charge in [0, 0.05) is 22.8 Å². The molecule has 1 heterocycles. The van der Waals surface area contributed by atoms with Gasteiger partial charge in [-0.2, -0.15) is 0 Å². The molecule has 182 valence electrons. The third kappa shape index (κ3) is 8.39. The third-order valence-corrected chi connectivity index (χ3v) is 5.92. The molecule has 0 aromatic heterocycles. The summed E-state index contributed by atoms with van der Waals surface area (Å²) in [6, 6.07) is 17.4. The van der Waals surface area contributed by atoms with E-state index >= 15 is 0 Å². The van der Waals surface area contributed by atoms with Crippen LogP contribution < -0.4 is 0 Å². The monoisotopic (exact) mass is 528 g/mol. The first-order chi connectivity index (χ1) is 16.1. The van der Waals surface area contributed by atoms with Gasteiger partial charge in [-0.15, -0.1) is 0 Å². The van der Waals surface area contributed by atoms with Crippen LogP contribution >= 0.6 is 20.4 Å². The van der Waals surface area contributed by atoms with E-state index < -0.39 is 0 Å². The second-order valence-electron chi connectivity index (χ2n) is 8.47. The van der Waals surface area contributed by atoms with Crippen LogP contribution in [0.4, 0.5) is 0 Å². The molecule has 33 heavy (non-hydrogen) atoms. The molecule has 0 amide bonds. The molecule has 0 radical (unpaired) electrons. The van der Waals surface area contributed by atoms with E-state index in [2.05, 4.69) is 75.4 Å². The van der Waals surface area contributed by atoms with E-state index in [1.807, 2.05) is 0 Å². The van der Waals surface area contributed by atoms with Crippen LogP contribution in [0.1, 0.15) is 88.0 Å². The number of allylic oxidation sites excluding steroid dienone is 2. The molecule has 2 aromatic carbocycles. The Morgan fingerprint density at radius 2 is 1.24 bits per heavy atom. The Bertz CT molecular complexity index is 966. The number of hydrogen-bond acceptors (Lipinski definition) is 0. The van der Waals surface area contributed by atoms with Crippen molar-refractivity contribution in [2.45, 2.75) is 78.6 Å². The van der Waals surface area contributed by atoms with Gasteiger partial charge < -0.3 is 5.53 Å². The van der Waals surface area contributed by atoms with Gasteiger partial charge >= 0.3 is 33.0 Å². The van der Waals surface area contributed by atoms with E-state index in [0.29, 0.717) is 12.7 Å². The van der Waals surface area contributed by atoms with Gasteiger partial charge in [-0.05, 0) is 73.9 Å². The van der Waals surface area contributed by atoms with Gasteiger partial charge in [-0.1, -0.05) is 64.3 Å². The molecule has 0 spiro atoms. The minimum atomic E-state index is 0.569. The summed E-state index contributed by atoms with van der Waals surface area (Å²) >= 11 is 0.569. The van der Waals surface area contributed by atoms with Crippen molar-refractivity contribution in [1.29, 1.82) is 0 Å².